The Morgan fingerprint density at radius 1 is 0.548 bits per heavy atom. The molecule has 0 aliphatic carbocycles. The molecule has 31 heavy (non-hydrogen) atoms. The van der Waals surface area contributed by atoms with Crippen LogP contribution in [0.1, 0.15) is 0 Å². The van der Waals surface area contributed by atoms with Crippen molar-refractivity contribution in [3.05, 3.63) is 118 Å². The summed E-state index contributed by atoms with van der Waals surface area (Å²) in [6, 6.07) is 30.3. The second-order valence-electron chi connectivity index (χ2n) is 7.52. The van der Waals surface area contributed by atoms with Crippen LogP contribution in [-0.2, 0) is 0 Å². The molecule has 5 nitrogen and oxygen atoms in total. The molecule has 0 saturated heterocycles. The summed E-state index contributed by atoms with van der Waals surface area (Å²) in [4.78, 5) is 30.6. The van der Waals surface area contributed by atoms with Gasteiger partial charge in [-0.3, -0.25) is 9.36 Å². The molecular formula is C26H17N3O2. The Kier molecular flexibility index (Phi) is 3.70. The second-order valence-corrected chi connectivity index (χ2v) is 7.52. The number of nitrogens with one attached hydrogen (secondary N) is 1. The standard InChI is InChI=1S/C26H17N3O2/c30-25-21-15-23-20(19-13-7-8-14-22(19)27-23)16-24(21)28(17-9-3-1-4-10-17)26(31)29(25)18-11-5-2-6-12-18/h1-16,27H. The van der Waals surface area contributed by atoms with Crippen LogP contribution in [-0.4, -0.2) is 14.1 Å². The Morgan fingerprint density at radius 3 is 1.87 bits per heavy atom. The van der Waals surface area contributed by atoms with Gasteiger partial charge in [0.2, 0.25) is 0 Å². The molecule has 0 radical (unpaired) electrons. The summed E-state index contributed by atoms with van der Waals surface area (Å²) >= 11 is 0. The number of para-hydroxylation sites is 3. The van der Waals surface area contributed by atoms with Gasteiger partial charge in [0, 0.05) is 21.8 Å². The van der Waals surface area contributed by atoms with Gasteiger partial charge in [-0.2, -0.15) is 0 Å². The maximum atomic E-state index is 13.7. The van der Waals surface area contributed by atoms with Crippen LogP contribution >= 0.6 is 0 Å². The highest BCUT2D eigenvalue weighted by molar-refractivity contribution is 6.11. The zero-order valence-electron chi connectivity index (χ0n) is 16.4. The predicted molar refractivity (Wildman–Crippen MR) is 125 cm³/mol. The summed E-state index contributed by atoms with van der Waals surface area (Å²) in [6.07, 6.45) is 0. The number of nitrogens with zero attached hydrogens (tertiary/aromatic N) is 2. The van der Waals surface area contributed by atoms with E-state index in [2.05, 4.69) is 4.98 Å². The van der Waals surface area contributed by atoms with Crippen LogP contribution in [0.5, 0.6) is 0 Å². The first-order chi connectivity index (χ1) is 15.2. The van der Waals surface area contributed by atoms with Crippen molar-refractivity contribution in [2.75, 3.05) is 0 Å². The minimum atomic E-state index is -0.394. The molecule has 5 heteroatoms. The van der Waals surface area contributed by atoms with E-state index in [1.54, 1.807) is 16.7 Å². The quantitative estimate of drug-likeness (QED) is 0.452. The first kappa shape index (κ1) is 17.5. The first-order valence-electron chi connectivity index (χ1n) is 10.1. The predicted octanol–water partition coefficient (Wildman–Crippen LogP) is 4.78. The fraction of sp³-hybridized carbons (Fsp3) is 0. The first-order valence-corrected chi connectivity index (χ1v) is 10.1. The summed E-state index contributed by atoms with van der Waals surface area (Å²) in [5.74, 6) is 0. The van der Waals surface area contributed by atoms with Crippen LogP contribution < -0.4 is 11.2 Å². The van der Waals surface area contributed by atoms with E-state index in [4.69, 9.17) is 0 Å². The van der Waals surface area contributed by atoms with Crippen molar-refractivity contribution in [1.82, 2.24) is 14.1 Å². The molecule has 6 aromatic rings. The number of hydrogen-bond donors (Lipinski definition) is 1. The number of benzene rings is 4. The number of H-pyrrole nitrogens is 1. The van der Waals surface area contributed by atoms with Crippen molar-refractivity contribution in [2.24, 2.45) is 0 Å². The van der Waals surface area contributed by atoms with E-state index in [9.17, 15) is 9.59 Å². The van der Waals surface area contributed by atoms with Gasteiger partial charge in [0.05, 0.1) is 22.3 Å². The van der Waals surface area contributed by atoms with E-state index >= 15 is 0 Å². The lowest BCUT2D eigenvalue weighted by Crippen LogP contribution is -2.38. The Balaban J connectivity index is 1.85. The highest BCUT2D eigenvalue weighted by Crippen LogP contribution is 2.29. The Bertz CT molecular complexity index is 1710. The molecule has 2 aromatic heterocycles. The van der Waals surface area contributed by atoms with Gasteiger partial charge in [0.15, 0.2) is 0 Å². The zero-order chi connectivity index (χ0) is 20.9. The summed E-state index contributed by atoms with van der Waals surface area (Å²) < 4.78 is 2.86. The minimum Gasteiger partial charge on any atom is -0.354 e. The van der Waals surface area contributed by atoms with Crippen LogP contribution in [0.15, 0.2) is 107 Å². The van der Waals surface area contributed by atoms with E-state index in [0.717, 1.165) is 21.8 Å². The number of rotatable bonds is 2. The molecule has 0 saturated carbocycles. The van der Waals surface area contributed by atoms with Gasteiger partial charge in [-0.25, -0.2) is 9.36 Å². The van der Waals surface area contributed by atoms with Crippen LogP contribution in [0.25, 0.3) is 44.1 Å². The Labute approximate surface area is 176 Å². The van der Waals surface area contributed by atoms with Crippen molar-refractivity contribution < 1.29 is 0 Å². The molecule has 0 aliphatic rings. The third-order valence-corrected chi connectivity index (χ3v) is 5.71. The third-order valence-electron chi connectivity index (χ3n) is 5.71. The lowest BCUT2D eigenvalue weighted by Gasteiger charge is -2.14. The summed E-state index contributed by atoms with van der Waals surface area (Å²) in [6.45, 7) is 0. The van der Waals surface area contributed by atoms with E-state index in [-0.39, 0.29) is 5.56 Å². The Morgan fingerprint density at radius 2 is 1.16 bits per heavy atom. The number of fused-ring (bicyclic) bond motifs is 4. The molecule has 0 amide bonds. The minimum absolute atomic E-state index is 0.334. The van der Waals surface area contributed by atoms with Crippen LogP contribution in [0.3, 0.4) is 0 Å². The molecule has 0 bridgehead atoms. The summed E-state index contributed by atoms with van der Waals surface area (Å²) in [5, 5.41) is 2.51. The lowest BCUT2D eigenvalue weighted by molar-refractivity contribution is 0.835. The van der Waals surface area contributed by atoms with Crippen LogP contribution in [0.4, 0.5) is 0 Å². The van der Waals surface area contributed by atoms with Gasteiger partial charge in [-0.15, -0.1) is 0 Å². The average molecular weight is 403 g/mol. The van der Waals surface area contributed by atoms with Crippen LogP contribution in [0, 0.1) is 0 Å². The highest BCUT2D eigenvalue weighted by atomic mass is 16.2. The molecule has 0 atom stereocenters. The van der Waals surface area contributed by atoms with Gasteiger partial charge in [0.25, 0.3) is 5.56 Å². The van der Waals surface area contributed by atoms with Crippen molar-refractivity contribution in [2.45, 2.75) is 0 Å². The SMILES string of the molecule is O=c1c2cc3[nH]c4ccccc4c3cc2n(-c2ccccc2)c(=O)n1-c1ccccc1. The third kappa shape index (κ3) is 2.57. The molecule has 6 rings (SSSR count). The molecule has 0 aliphatic heterocycles. The number of aromatic amines is 1. The van der Waals surface area contributed by atoms with E-state index in [0.29, 0.717) is 22.3 Å². The lowest BCUT2D eigenvalue weighted by atomic mass is 10.1. The molecule has 148 valence electrons. The van der Waals surface area contributed by atoms with Crippen molar-refractivity contribution in [1.29, 1.82) is 0 Å². The molecule has 1 N–H and O–H groups in total. The average Bonchev–Trinajstić information content (AvgIpc) is 3.17. The normalized spacial score (nSPS) is 11.5. The Hall–Kier alpha value is -4.38. The van der Waals surface area contributed by atoms with Gasteiger partial charge >= 0.3 is 5.69 Å². The van der Waals surface area contributed by atoms with Gasteiger partial charge in [-0.05, 0) is 42.5 Å². The molecule has 0 unspecified atom stereocenters. The molecule has 0 fully saturated rings. The summed E-state index contributed by atoms with van der Waals surface area (Å²) in [7, 11) is 0. The fourth-order valence-electron chi connectivity index (χ4n) is 4.28. The van der Waals surface area contributed by atoms with Gasteiger partial charge in [-0.1, -0.05) is 54.6 Å². The molecule has 4 aromatic carbocycles. The van der Waals surface area contributed by atoms with E-state index < -0.39 is 5.69 Å². The zero-order valence-corrected chi connectivity index (χ0v) is 16.4. The largest absolute Gasteiger partial charge is 0.354 e. The van der Waals surface area contributed by atoms with Crippen LogP contribution in [0.2, 0.25) is 0 Å². The monoisotopic (exact) mass is 403 g/mol. The fourth-order valence-corrected chi connectivity index (χ4v) is 4.28. The van der Waals surface area contributed by atoms with Gasteiger partial charge in [0.1, 0.15) is 0 Å². The van der Waals surface area contributed by atoms with Gasteiger partial charge < -0.3 is 4.98 Å². The molecular weight excluding hydrogens is 386 g/mol. The van der Waals surface area contributed by atoms with Crippen molar-refractivity contribution in [3.8, 4) is 11.4 Å². The maximum Gasteiger partial charge on any atom is 0.340 e. The smallest absolute Gasteiger partial charge is 0.340 e. The molecule has 2 heterocycles. The summed E-state index contributed by atoms with van der Waals surface area (Å²) in [5.41, 5.74) is 2.97. The number of aromatic nitrogens is 3. The maximum absolute atomic E-state index is 13.7. The second kappa shape index (κ2) is 6.57. The van der Waals surface area contributed by atoms with Crippen molar-refractivity contribution in [3.63, 3.8) is 0 Å². The topological polar surface area (TPSA) is 59.8 Å². The van der Waals surface area contributed by atoms with Crippen molar-refractivity contribution >= 4 is 32.7 Å². The van der Waals surface area contributed by atoms with E-state index in [1.807, 2.05) is 84.9 Å². The molecule has 0 spiro atoms. The van der Waals surface area contributed by atoms with E-state index in [1.165, 1.54) is 4.57 Å². The highest BCUT2D eigenvalue weighted by Gasteiger charge is 2.17. The number of hydrogen-bond acceptors (Lipinski definition) is 2.